The number of H-pyrrole nitrogens is 1. The van der Waals surface area contributed by atoms with E-state index in [1.807, 2.05) is 18.2 Å². The van der Waals surface area contributed by atoms with Crippen LogP contribution in [0.2, 0.25) is 0 Å². The van der Waals surface area contributed by atoms with E-state index >= 15 is 0 Å². The third kappa shape index (κ3) is 3.86. The molecule has 0 saturated heterocycles. The predicted molar refractivity (Wildman–Crippen MR) is 81.2 cm³/mol. The van der Waals surface area contributed by atoms with Crippen molar-refractivity contribution in [2.45, 2.75) is 6.54 Å². The van der Waals surface area contributed by atoms with Gasteiger partial charge in [0, 0.05) is 30.1 Å². The molecule has 0 atom stereocenters. The highest BCUT2D eigenvalue weighted by atomic mass is 32.1. The van der Waals surface area contributed by atoms with Gasteiger partial charge in [0.25, 0.3) is 0 Å². The van der Waals surface area contributed by atoms with E-state index in [1.54, 1.807) is 26.5 Å². The zero-order chi connectivity index (χ0) is 14.4. The van der Waals surface area contributed by atoms with Gasteiger partial charge >= 0.3 is 0 Å². The lowest BCUT2D eigenvalue weighted by Gasteiger charge is -2.12. The second-order valence-electron chi connectivity index (χ2n) is 3.99. The zero-order valence-electron chi connectivity index (χ0n) is 11.3. The van der Waals surface area contributed by atoms with Crippen LogP contribution < -0.4 is 20.1 Å². The van der Waals surface area contributed by atoms with Crippen LogP contribution in [0.4, 0.5) is 5.69 Å². The number of anilines is 1. The van der Waals surface area contributed by atoms with Crippen LogP contribution in [0.15, 0.2) is 30.5 Å². The number of hydrogen-bond donors (Lipinski definition) is 3. The number of rotatable bonds is 5. The highest BCUT2D eigenvalue weighted by Crippen LogP contribution is 2.25. The topological polar surface area (TPSA) is 71.2 Å². The summed E-state index contributed by atoms with van der Waals surface area (Å²) in [5, 5.41) is 13.4. The second-order valence-corrected chi connectivity index (χ2v) is 4.40. The van der Waals surface area contributed by atoms with Gasteiger partial charge in [-0.2, -0.15) is 5.10 Å². The van der Waals surface area contributed by atoms with Crippen LogP contribution in [-0.2, 0) is 6.54 Å². The summed E-state index contributed by atoms with van der Waals surface area (Å²) in [4.78, 5) is 0. The molecule has 0 unspecified atom stereocenters. The molecular weight excluding hydrogens is 276 g/mol. The van der Waals surface area contributed by atoms with E-state index in [1.165, 1.54) is 0 Å². The van der Waals surface area contributed by atoms with E-state index < -0.39 is 0 Å². The molecule has 20 heavy (non-hydrogen) atoms. The van der Waals surface area contributed by atoms with Gasteiger partial charge in [0.1, 0.15) is 11.5 Å². The highest BCUT2D eigenvalue weighted by molar-refractivity contribution is 7.80. The molecule has 0 spiro atoms. The smallest absolute Gasteiger partial charge is 0.171 e. The Kier molecular flexibility index (Phi) is 4.78. The molecule has 7 heteroatoms. The fourth-order valence-electron chi connectivity index (χ4n) is 1.61. The lowest BCUT2D eigenvalue weighted by atomic mass is 10.3. The van der Waals surface area contributed by atoms with Gasteiger partial charge in [-0.15, -0.1) is 0 Å². The molecule has 0 aliphatic carbocycles. The molecule has 1 aromatic heterocycles. The second kappa shape index (κ2) is 6.76. The van der Waals surface area contributed by atoms with Crippen LogP contribution in [-0.4, -0.2) is 29.5 Å². The van der Waals surface area contributed by atoms with Gasteiger partial charge in [0.05, 0.1) is 26.5 Å². The molecule has 0 aliphatic rings. The molecule has 6 nitrogen and oxygen atoms in total. The summed E-state index contributed by atoms with van der Waals surface area (Å²) in [6, 6.07) is 7.36. The molecule has 0 saturated carbocycles. The van der Waals surface area contributed by atoms with E-state index in [-0.39, 0.29) is 0 Å². The minimum absolute atomic E-state index is 0.509. The molecule has 106 valence electrons. The molecule has 0 amide bonds. The normalized spacial score (nSPS) is 9.90. The lowest BCUT2D eigenvalue weighted by Crippen LogP contribution is -2.28. The van der Waals surface area contributed by atoms with Crippen molar-refractivity contribution in [2.75, 3.05) is 19.5 Å². The number of benzene rings is 1. The van der Waals surface area contributed by atoms with Crippen LogP contribution in [0, 0.1) is 0 Å². The molecule has 2 rings (SSSR count). The van der Waals surface area contributed by atoms with Gasteiger partial charge in [0.2, 0.25) is 0 Å². The van der Waals surface area contributed by atoms with Crippen LogP contribution in [0.5, 0.6) is 11.5 Å². The Morgan fingerprint density at radius 3 is 2.50 bits per heavy atom. The van der Waals surface area contributed by atoms with Gasteiger partial charge in [-0.05, 0) is 18.3 Å². The summed E-state index contributed by atoms with van der Waals surface area (Å²) < 4.78 is 10.4. The van der Waals surface area contributed by atoms with Gasteiger partial charge < -0.3 is 20.1 Å². The molecule has 0 bridgehead atoms. The van der Waals surface area contributed by atoms with Crippen molar-refractivity contribution < 1.29 is 9.47 Å². The Labute approximate surface area is 122 Å². The standard InChI is InChI=1S/C13H16N4O2S/c1-18-11-5-10(6-12(7-11)19-2)16-13(20)14-8-9-3-4-15-17-9/h3-7H,8H2,1-2H3,(H,15,17)(H2,14,16,20). The van der Waals surface area contributed by atoms with Gasteiger partial charge in [-0.1, -0.05) is 0 Å². The molecule has 2 aromatic rings. The van der Waals surface area contributed by atoms with Gasteiger partial charge in [0.15, 0.2) is 5.11 Å². The van der Waals surface area contributed by atoms with Crippen LogP contribution in [0.25, 0.3) is 0 Å². The molecule has 1 heterocycles. The van der Waals surface area contributed by atoms with Crippen LogP contribution >= 0.6 is 12.2 Å². The van der Waals surface area contributed by atoms with E-state index in [2.05, 4.69) is 20.8 Å². The van der Waals surface area contributed by atoms with Crippen molar-refractivity contribution in [1.82, 2.24) is 15.5 Å². The number of methoxy groups -OCH3 is 2. The van der Waals surface area contributed by atoms with E-state index in [9.17, 15) is 0 Å². The van der Waals surface area contributed by atoms with E-state index in [4.69, 9.17) is 21.7 Å². The number of aromatic amines is 1. The minimum Gasteiger partial charge on any atom is -0.497 e. The van der Waals surface area contributed by atoms with E-state index in [0.717, 1.165) is 11.4 Å². The quantitative estimate of drug-likeness (QED) is 0.731. The Morgan fingerprint density at radius 2 is 1.95 bits per heavy atom. The monoisotopic (exact) mass is 292 g/mol. The minimum atomic E-state index is 0.509. The molecule has 3 N–H and O–H groups in total. The Bertz CT molecular complexity index is 550. The Morgan fingerprint density at radius 1 is 1.25 bits per heavy atom. The SMILES string of the molecule is COc1cc(NC(=S)NCc2ccn[nH]2)cc(OC)c1. The number of nitrogens with zero attached hydrogens (tertiary/aromatic N) is 1. The first-order valence-electron chi connectivity index (χ1n) is 5.97. The van der Waals surface area contributed by atoms with Crippen molar-refractivity contribution >= 4 is 23.0 Å². The maximum Gasteiger partial charge on any atom is 0.171 e. The molecular formula is C13H16N4O2S. The average molecular weight is 292 g/mol. The lowest BCUT2D eigenvalue weighted by molar-refractivity contribution is 0.395. The fourth-order valence-corrected chi connectivity index (χ4v) is 1.80. The van der Waals surface area contributed by atoms with Gasteiger partial charge in [-0.3, -0.25) is 5.10 Å². The number of nitrogens with one attached hydrogen (secondary N) is 3. The third-order valence-corrected chi connectivity index (χ3v) is 2.85. The summed E-state index contributed by atoms with van der Waals surface area (Å²) in [5.74, 6) is 1.39. The van der Waals surface area contributed by atoms with Gasteiger partial charge in [-0.25, -0.2) is 0 Å². The van der Waals surface area contributed by atoms with Crippen LogP contribution in [0.3, 0.4) is 0 Å². The third-order valence-electron chi connectivity index (χ3n) is 2.61. The van der Waals surface area contributed by atoms with Crippen molar-refractivity contribution in [1.29, 1.82) is 0 Å². The van der Waals surface area contributed by atoms with Crippen molar-refractivity contribution in [3.8, 4) is 11.5 Å². The Hall–Kier alpha value is -2.28. The maximum atomic E-state index is 5.23. The first-order chi connectivity index (χ1) is 9.71. The summed E-state index contributed by atoms with van der Waals surface area (Å²) in [6.07, 6.45) is 1.69. The first kappa shape index (κ1) is 14.1. The summed E-state index contributed by atoms with van der Waals surface area (Å²) >= 11 is 5.23. The highest BCUT2D eigenvalue weighted by Gasteiger charge is 2.04. The number of hydrogen-bond acceptors (Lipinski definition) is 4. The summed E-state index contributed by atoms with van der Waals surface area (Å²) in [6.45, 7) is 0.576. The molecule has 0 radical (unpaired) electrons. The van der Waals surface area contributed by atoms with Crippen molar-refractivity contribution in [3.05, 3.63) is 36.2 Å². The Balaban J connectivity index is 1.96. The maximum absolute atomic E-state index is 5.23. The summed E-state index contributed by atoms with van der Waals surface area (Å²) in [7, 11) is 3.21. The first-order valence-corrected chi connectivity index (χ1v) is 6.38. The van der Waals surface area contributed by atoms with Crippen molar-refractivity contribution in [3.63, 3.8) is 0 Å². The number of thiocarbonyl (C=S) groups is 1. The molecule has 1 aromatic carbocycles. The van der Waals surface area contributed by atoms with Crippen LogP contribution in [0.1, 0.15) is 5.69 Å². The summed E-state index contributed by atoms with van der Waals surface area (Å²) in [5.41, 5.74) is 1.75. The fraction of sp³-hybridized carbons (Fsp3) is 0.231. The zero-order valence-corrected chi connectivity index (χ0v) is 12.1. The number of ether oxygens (including phenoxy) is 2. The molecule has 0 fully saturated rings. The average Bonchev–Trinajstić information content (AvgIpc) is 2.98. The number of aromatic nitrogens is 2. The van der Waals surface area contributed by atoms with E-state index in [0.29, 0.717) is 23.2 Å². The predicted octanol–water partition coefficient (Wildman–Crippen LogP) is 1.91. The van der Waals surface area contributed by atoms with Crippen molar-refractivity contribution in [2.24, 2.45) is 0 Å². The largest absolute Gasteiger partial charge is 0.497 e. The molecule has 0 aliphatic heterocycles.